The Hall–Kier alpha value is -4.32. The van der Waals surface area contributed by atoms with Gasteiger partial charge in [-0.15, -0.1) is 0 Å². The third-order valence-corrected chi connectivity index (χ3v) is 5.22. The van der Waals surface area contributed by atoms with Crippen LogP contribution in [0.15, 0.2) is 59.7 Å². The fraction of sp³-hybridized carbons (Fsp3) is 0.174. The van der Waals surface area contributed by atoms with Gasteiger partial charge >= 0.3 is 0 Å². The molecule has 0 saturated heterocycles. The van der Waals surface area contributed by atoms with E-state index in [2.05, 4.69) is 21.5 Å². The van der Waals surface area contributed by atoms with Gasteiger partial charge in [0.2, 0.25) is 0 Å². The van der Waals surface area contributed by atoms with Gasteiger partial charge in [0.05, 0.1) is 23.2 Å². The minimum atomic E-state index is -0.672. The third kappa shape index (κ3) is 4.39. The van der Waals surface area contributed by atoms with Crippen LogP contribution in [-0.2, 0) is 0 Å². The lowest BCUT2D eigenvalue weighted by Gasteiger charge is -2.30. The maximum atomic E-state index is 14.4. The van der Waals surface area contributed by atoms with Gasteiger partial charge in [0.15, 0.2) is 5.82 Å². The van der Waals surface area contributed by atoms with Crippen molar-refractivity contribution in [2.24, 2.45) is 11.0 Å². The Balaban J connectivity index is 1.46. The molecule has 8 nitrogen and oxygen atoms in total. The van der Waals surface area contributed by atoms with Crippen molar-refractivity contribution in [1.82, 2.24) is 4.98 Å². The number of nitriles is 1. The Morgan fingerprint density at radius 1 is 1.22 bits per heavy atom. The number of hydrogen-bond acceptors (Lipinski definition) is 7. The van der Waals surface area contributed by atoms with E-state index >= 15 is 0 Å². The summed E-state index contributed by atoms with van der Waals surface area (Å²) in [5.41, 5.74) is 14.3. The second kappa shape index (κ2) is 8.81. The largest absolute Gasteiger partial charge is 0.490 e. The van der Waals surface area contributed by atoms with Gasteiger partial charge in [0, 0.05) is 24.1 Å². The maximum absolute atomic E-state index is 14.4. The molecule has 160 valence electrons. The highest BCUT2D eigenvalue weighted by molar-refractivity contribution is 6.05. The number of anilines is 2. The average molecular weight is 430 g/mol. The number of amides is 1. The maximum Gasteiger partial charge on any atom is 0.258 e. The Bertz CT molecular complexity index is 1220. The molecule has 0 bridgehead atoms. The van der Waals surface area contributed by atoms with Crippen molar-refractivity contribution in [3.05, 3.63) is 66.0 Å². The zero-order chi connectivity index (χ0) is 22.7. The standard InChI is InChI=1S/C23H19FN6O2/c24-19-6-1-14(20-7-8-21(30-27)22(26)29-20)11-18(19)23(31)28-15-2-4-16(5-3-15)32-17-9-13(10-17)12-25/h1-8,11,13,17,27H,9-10H2,(H2,26,29)(H,28,31). The van der Waals surface area contributed by atoms with Crippen molar-refractivity contribution in [2.75, 3.05) is 11.1 Å². The van der Waals surface area contributed by atoms with E-state index in [-0.39, 0.29) is 29.1 Å². The molecule has 1 fully saturated rings. The first-order valence-electron chi connectivity index (χ1n) is 9.88. The van der Waals surface area contributed by atoms with Gasteiger partial charge in [-0.05, 0) is 54.6 Å². The predicted octanol–water partition coefficient (Wildman–Crippen LogP) is 5.07. The number of ether oxygens (including phenoxy) is 1. The summed E-state index contributed by atoms with van der Waals surface area (Å²) in [7, 11) is 0. The molecule has 1 aromatic heterocycles. The third-order valence-electron chi connectivity index (χ3n) is 5.22. The van der Waals surface area contributed by atoms with Gasteiger partial charge in [-0.2, -0.15) is 10.4 Å². The summed E-state index contributed by atoms with van der Waals surface area (Å²) in [6.07, 6.45) is 1.46. The number of benzene rings is 2. The lowest BCUT2D eigenvalue weighted by molar-refractivity contribution is 0.0893. The molecule has 0 spiro atoms. The van der Waals surface area contributed by atoms with E-state index < -0.39 is 11.7 Å². The van der Waals surface area contributed by atoms with E-state index in [4.69, 9.17) is 21.3 Å². The number of rotatable bonds is 6. The van der Waals surface area contributed by atoms with E-state index in [0.29, 0.717) is 35.5 Å². The smallest absolute Gasteiger partial charge is 0.258 e. The van der Waals surface area contributed by atoms with Crippen molar-refractivity contribution in [1.29, 1.82) is 10.8 Å². The molecule has 1 heterocycles. The predicted molar refractivity (Wildman–Crippen MR) is 116 cm³/mol. The van der Waals surface area contributed by atoms with Crippen molar-refractivity contribution >= 4 is 23.1 Å². The summed E-state index contributed by atoms with van der Waals surface area (Å²) < 4.78 is 20.1. The highest BCUT2D eigenvalue weighted by Crippen LogP contribution is 2.31. The van der Waals surface area contributed by atoms with E-state index in [9.17, 15) is 9.18 Å². The van der Waals surface area contributed by atoms with Gasteiger partial charge in [-0.1, -0.05) is 0 Å². The van der Waals surface area contributed by atoms with Crippen LogP contribution in [0.4, 0.5) is 21.6 Å². The number of nitrogen functional groups attached to an aromatic ring is 1. The molecule has 0 unspecified atom stereocenters. The Labute approximate surface area is 183 Å². The van der Waals surface area contributed by atoms with Crippen LogP contribution in [-0.4, -0.2) is 17.0 Å². The van der Waals surface area contributed by atoms with E-state index in [1.54, 1.807) is 30.3 Å². The first kappa shape index (κ1) is 20.9. The summed E-state index contributed by atoms with van der Waals surface area (Å²) >= 11 is 0. The number of pyridine rings is 1. The number of carbonyl (C=O) groups is 1. The van der Waals surface area contributed by atoms with Gasteiger partial charge in [-0.25, -0.2) is 14.9 Å². The van der Waals surface area contributed by atoms with Crippen LogP contribution in [0.5, 0.6) is 5.75 Å². The van der Waals surface area contributed by atoms with Crippen LogP contribution in [0.2, 0.25) is 0 Å². The van der Waals surface area contributed by atoms with Crippen LogP contribution in [0.25, 0.3) is 11.3 Å². The molecule has 9 heteroatoms. The summed E-state index contributed by atoms with van der Waals surface area (Å²) in [4.78, 5) is 16.8. The molecule has 4 N–H and O–H groups in total. The van der Waals surface area contributed by atoms with Crippen LogP contribution in [0.1, 0.15) is 23.2 Å². The number of carbonyl (C=O) groups excluding carboxylic acids is 1. The Morgan fingerprint density at radius 3 is 2.62 bits per heavy atom. The average Bonchev–Trinajstić information content (AvgIpc) is 2.77. The van der Waals surface area contributed by atoms with Crippen LogP contribution in [0.3, 0.4) is 0 Å². The highest BCUT2D eigenvalue weighted by atomic mass is 19.1. The fourth-order valence-corrected chi connectivity index (χ4v) is 3.36. The molecule has 0 aliphatic heterocycles. The highest BCUT2D eigenvalue weighted by Gasteiger charge is 2.30. The van der Waals surface area contributed by atoms with E-state index in [1.165, 1.54) is 24.3 Å². The molecule has 0 atom stereocenters. The molecule has 2 aromatic carbocycles. The molecule has 1 aliphatic rings. The van der Waals surface area contributed by atoms with Crippen molar-refractivity contribution in [2.45, 2.75) is 18.9 Å². The van der Waals surface area contributed by atoms with Gasteiger partial charge in [0.25, 0.3) is 5.91 Å². The topological polar surface area (TPSA) is 137 Å². The van der Waals surface area contributed by atoms with Crippen LogP contribution >= 0.6 is 0 Å². The normalized spacial score (nSPS) is 17.0. The van der Waals surface area contributed by atoms with Crippen molar-refractivity contribution < 1.29 is 13.9 Å². The summed E-state index contributed by atoms with van der Waals surface area (Å²) in [5.74, 6) is -0.514. The molecular weight excluding hydrogens is 411 g/mol. The summed E-state index contributed by atoms with van der Waals surface area (Å²) in [6, 6.07) is 16.2. The zero-order valence-corrected chi connectivity index (χ0v) is 16.9. The van der Waals surface area contributed by atoms with Crippen LogP contribution < -0.4 is 15.8 Å². The first-order valence-corrected chi connectivity index (χ1v) is 9.88. The monoisotopic (exact) mass is 430 g/mol. The van der Waals surface area contributed by atoms with Gasteiger partial charge in [-0.3, -0.25) is 4.79 Å². The lowest BCUT2D eigenvalue weighted by Crippen LogP contribution is -2.32. The molecule has 1 amide bonds. The zero-order valence-electron chi connectivity index (χ0n) is 16.9. The molecule has 1 aliphatic carbocycles. The van der Waals surface area contributed by atoms with Gasteiger partial charge < -0.3 is 15.8 Å². The number of nitrogens with one attached hydrogen (secondary N) is 2. The van der Waals surface area contributed by atoms with E-state index in [1.807, 2.05) is 0 Å². The Kier molecular flexibility index (Phi) is 5.77. The number of aromatic nitrogens is 1. The number of hydrogen-bond donors (Lipinski definition) is 3. The molecule has 1 saturated carbocycles. The quantitative estimate of drug-likeness (QED) is 0.469. The van der Waals surface area contributed by atoms with E-state index in [0.717, 1.165) is 0 Å². The molecule has 0 radical (unpaired) electrons. The number of nitrogens with two attached hydrogens (primary N) is 1. The first-order chi connectivity index (χ1) is 15.5. The second-order valence-corrected chi connectivity index (χ2v) is 7.42. The minimum absolute atomic E-state index is 0.0309. The lowest BCUT2D eigenvalue weighted by atomic mass is 9.83. The van der Waals surface area contributed by atoms with Crippen LogP contribution in [0, 0.1) is 28.6 Å². The number of halogens is 1. The summed E-state index contributed by atoms with van der Waals surface area (Å²) in [5, 5.41) is 14.8. The SMILES string of the molecule is N#CC1CC(Oc2ccc(NC(=O)c3cc(-c4ccc(N=N)c(N)n4)ccc3F)cc2)C1. The molecule has 4 rings (SSSR count). The Morgan fingerprint density at radius 2 is 1.97 bits per heavy atom. The van der Waals surface area contributed by atoms with Crippen molar-refractivity contribution in [3.63, 3.8) is 0 Å². The second-order valence-electron chi connectivity index (χ2n) is 7.42. The molecular formula is C23H19FN6O2. The van der Waals surface area contributed by atoms with Gasteiger partial charge in [0.1, 0.15) is 23.4 Å². The van der Waals surface area contributed by atoms with Crippen molar-refractivity contribution in [3.8, 4) is 23.1 Å². The molecule has 3 aromatic rings. The fourth-order valence-electron chi connectivity index (χ4n) is 3.36. The molecule has 32 heavy (non-hydrogen) atoms. The minimum Gasteiger partial charge on any atom is -0.490 e. The summed E-state index contributed by atoms with van der Waals surface area (Å²) in [6.45, 7) is 0. The number of nitrogens with zero attached hydrogens (tertiary/aromatic N) is 3.